The number of aliphatic hydroxyl groups is 1. The largest absolute Gasteiger partial charge is 0.466 e. The third-order valence-electron chi connectivity index (χ3n) is 6.72. The van der Waals surface area contributed by atoms with Gasteiger partial charge in [0.15, 0.2) is 11.6 Å². The molecule has 3 rings (SSSR count). The van der Waals surface area contributed by atoms with E-state index in [1.165, 1.54) is 6.07 Å². The molecular formula is C28H36F3NO4. The van der Waals surface area contributed by atoms with Gasteiger partial charge in [-0.2, -0.15) is 0 Å². The Morgan fingerprint density at radius 2 is 1.97 bits per heavy atom. The van der Waals surface area contributed by atoms with Gasteiger partial charge < -0.3 is 14.6 Å². The second-order valence-electron chi connectivity index (χ2n) is 9.45. The number of hydrogen-bond acceptors (Lipinski definition) is 5. The molecule has 2 aromatic carbocycles. The van der Waals surface area contributed by atoms with Crippen molar-refractivity contribution in [2.75, 3.05) is 26.3 Å². The Hall–Kier alpha value is -2.42. The molecule has 3 atom stereocenters. The van der Waals surface area contributed by atoms with Gasteiger partial charge in [0.25, 0.3) is 0 Å². The number of aryl methyl sites for hydroxylation is 2. The zero-order valence-electron chi connectivity index (χ0n) is 21.2. The average molecular weight is 508 g/mol. The Morgan fingerprint density at radius 3 is 2.69 bits per heavy atom. The minimum absolute atomic E-state index is 0.0441. The van der Waals surface area contributed by atoms with Gasteiger partial charge in [-0.05, 0) is 81.8 Å². The molecule has 36 heavy (non-hydrogen) atoms. The summed E-state index contributed by atoms with van der Waals surface area (Å²) in [5.41, 5.74) is 2.05. The number of halogens is 3. The molecule has 198 valence electrons. The summed E-state index contributed by atoms with van der Waals surface area (Å²) in [6.07, 6.45) is 1.22. The van der Waals surface area contributed by atoms with Crippen molar-refractivity contribution < 1.29 is 32.5 Å². The molecule has 0 aliphatic carbocycles. The van der Waals surface area contributed by atoms with E-state index in [4.69, 9.17) is 9.47 Å². The van der Waals surface area contributed by atoms with Gasteiger partial charge in [0.05, 0.1) is 25.4 Å². The molecule has 0 radical (unpaired) electrons. The number of carbonyl (C=O) groups excluding carboxylic acids is 1. The van der Waals surface area contributed by atoms with Crippen LogP contribution in [0.4, 0.5) is 13.2 Å². The predicted molar refractivity (Wildman–Crippen MR) is 131 cm³/mol. The van der Waals surface area contributed by atoms with E-state index in [0.29, 0.717) is 24.1 Å². The molecule has 1 unspecified atom stereocenters. The molecule has 5 nitrogen and oxygen atoms in total. The van der Waals surface area contributed by atoms with Gasteiger partial charge in [0.1, 0.15) is 5.82 Å². The lowest BCUT2D eigenvalue weighted by Crippen LogP contribution is -2.39. The number of aliphatic hydroxyl groups excluding tert-OH is 1. The Morgan fingerprint density at radius 1 is 1.19 bits per heavy atom. The highest BCUT2D eigenvalue weighted by atomic mass is 19.2. The van der Waals surface area contributed by atoms with Crippen LogP contribution in [0.1, 0.15) is 61.5 Å². The molecule has 0 amide bonds. The van der Waals surface area contributed by atoms with Gasteiger partial charge in [-0.15, -0.1) is 0 Å². The summed E-state index contributed by atoms with van der Waals surface area (Å²) in [4.78, 5) is 13.9. The van der Waals surface area contributed by atoms with Crippen molar-refractivity contribution in [1.82, 2.24) is 4.90 Å². The van der Waals surface area contributed by atoms with Crippen molar-refractivity contribution in [3.05, 3.63) is 70.0 Å². The highest BCUT2D eigenvalue weighted by Gasteiger charge is 2.27. The van der Waals surface area contributed by atoms with Crippen LogP contribution in [0.2, 0.25) is 0 Å². The van der Waals surface area contributed by atoms with Gasteiger partial charge in [0.2, 0.25) is 0 Å². The molecule has 0 saturated carbocycles. The number of hydrogen-bond donors (Lipinski definition) is 1. The number of likely N-dealkylation sites (tertiary alicyclic amines) is 1. The van der Waals surface area contributed by atoms with E-state index in [0.717, 1.165) is 31.0 Å². The number of β-amino-alcohol motifs (C(OH)–C–C–N with tert-alkyl or cyclic N) is 1. The van der Waals surface area contributed by atoms with Crippen molar-refractivity contribution in [1.29, 1.82) is 0 Å². The predicted octanol–water partition coefficient (Wildman–Crippen LogP) is 5.05. The third-order valence-corrected chi connectivity index (χ3v) is 6.72. The van der Waals surface area contributed by atoms with E-state index in [-0.39, 0.29) is 43.5 Å². The number of benzene rings is 2. The van der Waals surface area contributed by atoms with E-state index in [1.54, 1.807) is 32.9 Å². The van der Waals surface area contributed by atoms with E-state index in [2.05, 4.69) is 4.90 Å². The maximum absolute atomic E-state index is 14.7. The molecule has 0 spiro atoms. The first-order valence-corrected chi connectivity index (χ1v) is 12.6. The number of carbonyl (C=O) groups is 1. The summed E-state index contributed by atoms with van der Waals surface area (Å²) >= 11 is 0. The normalized spacial score (nSPS) is 17.8. The molecule has 8 heteroatoms. The maximum atomic E-state index is 14.7. The quantitative estimate of drug-likeness (QED) is 0.408. The van der Waals surface area contributed by atoms with Gasteiger partial charge in [-0.25, -0.2) is 13.2 Å². The van der Waals surface area contributed by atoms with Gasteiger partial charge in [0, 0.05) is 24.6 Å². The number of esters is 1. The SMILES string of the molecule is CCOC(=O)CCc1ccc(F)c(F)c1C(C)OC[C@H](O)CN1CCC[C@H]1Cc1ccc(C)c(F)c1. The van der Waals surface area contributed by atoms with E-state index in [9.17, 15) is 23.1 Å². The summed E-state index contributed by atoms with van der Waals surface area (Å²) in [7, 11) is 0. The van der Waals surface area contributed by atoms with Crippen LogP contribution in [0.15, 0.2) is 30.3 Å². The summed E-state index contributed by atoms with van der Waals surface area (Å²) in [5, 5.41) is 10.6. The Bertz CT molecular complexity index is 1030. The Balaban J connectivity index is 1.57. The molecule has 2 aromatic rings. The van der Waals surface area contributed by atoms with Crippen LogP contribution < -0.4 is 0 Å². The minimum Gasteiger partial charge on any atom is -0.466 e. The number of ether oxygens (including phenoxy) is 2. The zero-order chi connectivity index (χ0) is 26.2. The van der Waals surface area contributed by atoms with Gasteiger partial charge in [-0.3, -0.25) is 9.69 Å². The highest BCUT2D eigenvalue weighted by molar-refractivity contribution is 5.69. The van der Waals surface area contributed by atoms with Gasteiger partial charge >= 0.3 is 5.97 Å². The van der Waals surface area contributed by atoms with Crippen LogP contribution in [-0.2, 0) is 27.1 Å². The van der Waals surface area contributed by atoms with Crippen molar-refractivity contribution in [3.63, 3.8) is 0 Å². The Labute approximate surface area is 211 Å². The first-order valence-electron chi connectivity index (χ1n) is 12.6. The second kappa shape index (κ2) is 13.2. The topological polar surface area (TPSA) is 59.0 Å². The van der Waals surface area contributed by atoms with E-state index >= 15 is 0 Å². The summed E-state index contributed by atoms with van der Waals surface area (Å²) in [6, 6.07) is 7.96. The maximum Gasteiger partial charge on any atom is 0.306 e. The molecule has 1 N–H and O–H groups in total. The van der Waals surface area contributed by atoms with Crippen LogP contribution in [0.5, 0.6) is 0 Å². The number of rotatable bonds is 12. The van der Waals surface area contributed by atoms with E-state index < -0.39 is 29.8 Å². The lowest BCUT2D eigenvalue weighted by Gasteiger charge is -2.28. The smallest absolute Gasteiger partial charge is 0.306 e. The standard InChI is InChI=1S/C28H36F3NO4/c1-4-35-26(34)12-10-21-9-11-24(29)28(31)27(21)19(3)36-17-23(33)16-32-13-5-6-22(32)14-20-8-7-18(2)25(30)15-20/h7-9,11,15,19,22-23,33H,4-6,10,12-14,16-17H2,1-3H3/t19?,22-,23+/m0/s1. The monoisotopic (exact) mass is 507 g/mol. The summed E-state index contributed by atoms with van der Waals surface area (Å²) in [5.74, 6) is -2.63. The average Bonchev–Trinajstić information content (AvgIpc) is 3.27. The fourth-order valence-electron chi connectivity index (χ4n) is 4.80. The molecule has 0 bridgehead atoms. The third kappa shape index (κ3) is 7.54. The second-order valence-corrected chi connectivity index (χ2v) is 9.45. The Kier molecular flexibility index (Phi) is 10.3. The molecular weight excluding hydrogens is 471 g/mol. The highest BCUT2D eigenvalue weighted by Crippen LogP contribution is 2.28. The molecule has 1 heterocycles. The van der Waals surface area contributed by atoms with Crippen LogP contribution in [0, 0.1) is 24.4 Å². The van der Waals surface area contributed by atoms with Crippen molar-refractivity contribution >= 4 is 5.97 Å². The van der Waals surface area contributed by atoms with Crippen LogP contribution >= 0.6 is 0 Å². The molecule has 1 aliphatic rings. The van der Waals surface area contributed by atoms with E-state index in [1.807, 2.05) is 6.07 Å². The minimum atomic E-state index is -1.01. The first kappa shape index (κ1) is 28.2. The van der Waals surface area contributed by atoms with Crippen LogP contribution in [0.3, 0.4) is 0 Å². The van der Waals surface area contributed by atoms with Crippen LogP contribution in [-0.4, -0.2) is 54.4 Å². The zero-order valence-corrected chi connectivity index (χ0v) is 21.2. The summed E-state index contributed by atoms with van der Waals surface area (Å²) in [6.45, 7) is 6.42. The van der Waals surface area contributed by atoms with Crippen molar-refractivity contribution in [3.8, 4) is 0 Å². The molecule has 0 aromatic heterocycles. The molecule has 1 saturated heterocycles. The molecule has 1 aliphatic heterocycles. The first-order chi connectivity index (χ1) is 17.2. The van der Waals surface area contributed by atoms with Gasteiger partial charge in [-0.1, -0.05) is 18.2 Å². The van der Waals surface area contributed by atoms with Crippen LogP contribution in [0.25, 0.3) is 0 Å². The van der Waals surface area contributed by atoms with Crippen molar-refractivity contribution in [2.45, 2.75) is 71.1 Å². The fourth-order valence-corrected chi connectivity index (χ4v) is 4.80. The summed E-state index contributed by atoms with van der Waals surface area (Å²) < 4.78 is 53.3. The lowest BCUT2D eigenvalue weighted by atomic mass is 9.98. The molecule has 1 fully saturated rings. The number of nitrogens with zero attached hydrogens (tertiary/aromatic N) is 1. The lowest BCUT2D eigenvalue weighted by molar-refractivity contribution is -0.143. The fraction of sp³-hybridized carbons (Fsp3) is 0.536. The van der Waals surface area contributed by atoms with Crippen molar-refractivity contribution in [2.24, 2.45) is 0 Å².